The number of nitrogens with one attached hydrogen (secondary N) is 3. The molecule has 0 spiro atoms. The van der Waals surface area contributed by atoms with Crippen LogP contribution in [0.15, 0.2) is 29.4 Å². The molecule has 6 N–H and O–H groups in total. The maximum absolute atomic E-state index is 14.2. The Morgan fingerprint density at radius 1 is 1.28 bits per heavy atom. The highest BCUT2D eigenvalue weighted by Gasteiger charge is 2.20. The van der Waals surface area contributed by atoms with Crippen molar-refractivity contribution in [3.63, 3.8) is 0 Å². The van der Waals surface area contributed by atoms with Crippen molar-refractivity contribution in [1.82, 2.24) is 9.97 Å². The van der Waals surface area contributed by atoms with Crippen LogP contribution in [0.3, 0.4) is 0 Å². The van der Waals surface area contributed by atoms with Gasteiger partial charge in [0.05, 0.1) is 10.5 Å². The van der Waals surface area contributed by atoms with E-state index >= 15 is 0 Å². The molecule has 0 bridgehead atoms. The quantitative estimate of drug-likeness (QED) is 0.179. The summed E-state index contributed by atoms with van der Waals surface area (Å²) in [6.45, 7) is 0.113. The molecule has 3 aromatic rings. The van der Waals surface area contributed by atoms with Crippen molar-refractivity contribution in [3.8, 4) is 0 Å². The van der Waals surface area contributed by atoms with Crippen molar-refractivity contribution < 1.29 is 23.2 Å². The summed E-state index contributed by atoms with van der Waals surface area (Å²) >= 11 is 5.72. The number of amidine groups is 1. The number of hydrogen-bond donors (Lipinski definition) is 5. The fraction of sp³-hybridized carbons (Fsp3) is 0.118. The van der Waals surface area contributed by atoms with E-state index in [2.05, 4.69) is 25.8 Å². The molecule has 8 nitrogen and oxygen atoms in total. The number of imidazole rings is 1. The normalized spacial score (nSPS) is 11.7. The first kappa shape index (κ1) is 20.3. The summed E-state index contributed by atoms with van der Waals surface area (Å²) in [5.74, 6) is -3.88. The lowest BCUT2D eigenvalue weighted by Crippen LogP contribution is -2.16. The van der Waals surface area contributed by atoms with Crippen LogP contribution in [0, 0.1) is 17.5 Å². The third-order valence-electron chi connectivity index (χ3n) is 3.86. The highest BCUT2D eigenvalue weighted by molar-refractivity contribution is 6.31. The predicted molar refractivity (Wildman–Crippen MR) is 102 cm³/mol. The van der Waals surface area contributed by atoms with Gasteiger partial charge in [-0.3, -0.25) is 4.79 Å². The zero-order chi connectivity index (χ0) is 21.1. The molecule has 152 valence electrons. The van der Waals surface area contributed by atoms with Crippen LogP contribution in [-0.2, 0) is 4.79 Å². The number of nitrogens with zero attached hydrogens (tertiary/aromatic N) is 2. The third kappa shape index (κ3) is 4.35. The van der Waals surface area contributed by atoms with E-state index in [1.807, 2.05) is 0 Å². The molecule has 0 aliphatic rings. The molecule has 0 radical (unpaired) electrons. The Kier molecular flexibility index (Phi) is 5.78. The molecule has 1 amide bonds. The molecule has 1 aromatic heterocycles. The molecule has 12 heteroatoms. The Balaban J connectivity index is 1.99. The van der Waals surface area contributed by atoms with E-state index in [1.54, 1.807) is 0 Å². The highest BCUT2D eigenvalue weighted by atomic mass is 35.5. The molecular weight excluding hydrogens is 413 g/mol. The van der Waals surface area contributed by atoms with Gasteiger partial charge in [0.15, 0.2) is 17.5 Å². The van der Waals surface area contributed by atoms with E-state index in [1.165, 1.54) is 12.1 Å². The van der Waals surface area contributed by atoms with E-state index < -0.39 is 23.4 Å². The Morgan fingerprint density at radius 3 is 2.69 bits per heavy atom. The van der Waals surface area contributed by atoms with Gasteiger partial charge >= 0.3 is 0 Å². The first-order valence-electron chi connectivity index (χ1n) is 8.14. The van der Waals surface area contributed by atoms with Gasteiger partial charge in [-0.05, 0) is 24.3 Å². The first-order valence-corrected chi connectivity index (χ1v) is 8.52. The molecule has 0 aliphatic heterocycles. The minimum absolute atomic E-state index is 0.00300. The molecule has 0 aliphatic carbocycles. The number of primary amides is 1. The number of carbonyl (C=O) groups excluding carboxylic acids is 1. The Bertz CT molecular complexity index is 1120. The highest BCUT2D eigenvalue weighted by Crippen LogP contribution is 2.26. The lowest BCUT2D eigenvalue weighted by atomic mass is 10.1. The lowest BCUT2D eigenvalue weighted by Gasteiger charge is -2.10. The summed E-state index contributed by atoms with van der Waals surface area (Å²) in [7, 11) is 0. The average Bonchev–Trinajstić information content (AvgIpc) is 3.10. The van der Waals surface area contributed by atoms with Crippen molar-refractivity contribution in [2.45, 2.75) is 6.42 Å². The molecule has 29 heavy (non-hydrogen) atoms. The molecule has 0 saturated carbocycles. The number of oxime groups is 1. The fourth-order valence-corrected chi connectivity index (χ4v) is 2.71. The largest absolute Gasteiger partial charge is 0.409 e. The van der Waals surface area contributed by atoms with Crippen molar-refractivity contribution in [1.29, 1.82) is 0 Å². The number of aromatic amines is 1. The van der Waals surface area contributed by atoms with Gasteiger partial charge in [0.1, 0.15) is 11.3 Å². The van der Waals surface area contributed by atoms with E-state index in [9.17, 15) is 23.2 Å². The van der Waals surface area contributed by atoms with Crippen molar-refractivity contribution in [2.75, 3.05) is 17.2 Å². The lowest BCUT2D eigenvalue weighted by molar-refractivity contribution is -0.117. The molecule has 2 aromatic carbocycles. The second-order valence-corrected chi connectivity index (χ2v) is 6.28. The summed E-state index contributed by atoms with van der Waals surface area (Å²) in [6, 6.07) is 4.42. The van der Waals surface area contributed by atoms with Gasteiger partial charge in [0.25, 0.3) is 0 Å². The minimum atomic E-state index is -1.23. The van der Waals surface area contributed by atoms with Crippen LogP contribution in [-0.4, -0.2) is 33.5 Å². The van der Waals surface area contributed by atoms with Crippen molar-refractivity contribution >= 4 is 46.0 Å². The van der Waals surface area contributed by atoms with Gasteiger partial charge in [-0.15, -0.1) is 0 Å². The van der Waals surface area contributed by atoms with Crippen LogP contribution in [0.25, 0.3) is 11.0 Å². The summed E-state index contributed by atoms with van der Waals surface area (Å²) in [5, 5.41) is 17.6. The van der Waals surface area contributed by atoms with Gasteiger partial charge in [-0.2, -0.15) is 0 Å². The summed E-state index contributed by atoms with van der Waals surface area (Å²) in [4.78, 5) is 17.5. The van der Waals surface area contributed by atoms with Gasteiger partial charge < -0.3 is 26.6 Å². The number of aromatic nitrogens is 2. The number of nitrogens with two attached hydrogens (primary N) is 1. The molecular formula is C17H14ClF3N6O2. The van der Waals surface area contributed by atoms with Crippen LogP contribution in [0.2, 0.25) is 5.02 Å². The number of hydrogen-bond acceptors (Lipinski definition) is 5. The molecule has 1 heterocycles. The van der Waals surface area contributed by atoms with E-state index in [-0.39, 0.29) is 52.1 Å². The smallest absolute Gasteiger partial charge is 0.219 e. The topological polar surface area (TPSA) is 128 Å². The number of benzene rings is 2. The third-order valence-corrected chi connectivity index (χ3v) is 4.15. The Labute approximate surface area is 166 Å². The van der Waals surface area contributed by atoms with E-state index in [4.69, 9.17) is 17.3 Å². The second-order valence-electron chi connectivity index (χ2n) is 5.87. The Hall–Kier alpha value is -3.47. The van der Waals surface area contributed by atoms with E-state index in [0.717, 1.165) is 12.1 Å². The number of H-pyrrole nitrogens is 1. The van der Waals surface area contributed by atoms with Gasteiger partial charge in [-0.25, -0.2) is 18.2 Å². The van der Waals surface area contributed by atoms with Gasteiger partial charge in [-0.1, -0.05) is 16.8 Å². The van der Waals surface area contributed by atoms with Crippen molar-refractivity contribution in [2.24, 2.45) is 10.9 Å². The zero-order valence-electron chi connectivity index (χ0n) is 14.6. The van der Waals surface area contributed by atoms with Crippen LogP contribution in [0.5, 0.6) is 0 Å². The molecule has 0 atom stereocenters. The first-order chi connectivity index (χ1) is 13.8. The number of rotatable bonds is 6. The summed E-state index contributed by atoms with van der Waals surface area (Å²) < 4.78 is 41.6. The van der Waals surface area contributed by atoms with Crippen LogP contribution in [0.1, 0.15) is 12.0 Å². The molecule has 0 unspecified atom stereocenters. The van der Waals surface area contributed by atoms with Gasteiger partial charge in [0, 0.05) is 24.2 Å². The monoisotopic (exact) mass is 426 g/mol. The maximum atomic E-state index is 14.2. The zero-order valence-corrected chi connectivity index (χ0v) is 15.3. The molecule has 0 fully saturated rings. The van der Waals surface area contributed by atoms with Crippen molar-refractivity contribution in [3.05, 3.63) is 52.3 Å². The van der Waals surface area contributed by atoms with Crippen LogP contribution in [0.4, 0.5) is 24.8 Å². The Morgan fingerprint density at radius 2 is 2.03 bits per heavy atom. The predicted octanol–water partition coefficient (Wildman–Crippen LogP) is 3.17. The average molecular weight is 427 g/mol. The van der Waals surface area contributed by atoms with E-state index in [0.29, 0.717) is 0 Å². The SMILES string of the molecule is NC(=O)CCNc1nc2c(F)c(F)cc(/C(=N\O)Nc3ccc(F)c(Cl)c3)c2[nH]1. The second kappa shape index (κ2) is 8.27. The fourth-order valence-electron chi connectivity index (χ4n) is 2.53. The number of amides is 1. The standard InChI is InChI=1S/C17H14ClF3N6O2/c18-9-5-7(1-2-10(9)19)24-16(27-29)8-6-11(20)13(21)15-14(8)25-17(26-15)23-4-3-12(22)28/h1-2,5-6,29H,3-4H2,(H2,22,28)(H,24,27)(H2,23,25,26). The maximum Gasteiger partial charge on any atom is 0.219 e. The number of carbonyl (C=O) groups is 1. The molecule has 0 saturated heterocycles. The molecule has 3 rings (SSSR count). The number of anilines is 2. The number of fused-ring (bicyclic) bond motifs is 1. The minimum Gasteiger partial charge on any atom is -0.409 e. The van der Waals surface area contributed by atoms with Crippen LogP contribution >= 0.6 is 11.6 Å². The summed E-state index contributed by atoms with van der Waals surface area (Å²) in [6.07, 6.45) is -0.00300. The van der Waals surface area contributed by atoms with Gasteiger partial charge in [0.2, 0.25) is 11.9 Å². The summed E-state index contributed by atoms with van der Waals surface area (Å²) in [5.41, 5.74) is 4.88. The van der Waals surface area contributed by atoms with Crippen LogP contribution < -0.4 is 16.4 Å². The number of halogens is 4.